The number of unbranched alkanes of at least 4 members (excludes halogenated alkanes) is 1. The number of nitrogens with one attached hydrogen (secondary N) is 1. The SMILES string of the molecule is CCCCC(CC)(Nc1ccccc1C)C(=O)OCC. The van der Waals surface area contributed by atoms with Crippen LogP contribution in [0.2, 0.25) is 0 Å². The number of rotatable bonds is 8. The van der Waals surface area contributed by atoms with Crippen molar-refractivity contribution in [2.75, 3.05) is 11.9 Å². The first-order valence-electron chi connectivity index (χ1n) is 7.60. The van der Waals surface area contributed by atoms with Crippen LogP contribution >= 0.6 is 0 Å². The molecule has 0 saturated heterocycles. The number of ether oxygens (including phenoxy) is 1. The topological polar surface area (TPSA) is 38.3 Å². The maximum absolute atomic E-state index is 12.4. The summed E-state index contributed by atoms with van der Waals surface area (Å²) in [7, 11) is 0. The number of aryl methyl sites for hydroxylation is 1. The third kappa shape index (κ3) is 3.99. The molecule has 0 fully saturated rings. The number of carbonyl (C=O) groups is 1. The summed E-state index contributed by atoms with van der Waals surface area (Å²) in [4.78, 5) is 12.4. The second kappa shape index (κ2) is 7.93. The van der Waals surface area contributed by atoms with E-state index in [1.165, 1.54) is 0 Å². The fraction of sp³-hybridized carbons (Fsp3) is 0.588. The fourth-order valence-electron chi connectivity index (χ4n) is 2.34. The Morgan fingerprint density at radius 1 is 1.25 bits per heavy atom. The molecule has 3 heteroatoms. The average molecular weight is 277 g/mol. The number of carbonyl (C=O) groups excluding carboxylic acids is 1. The highest BCUT2D eigenvalue weighted by Gasteiger charge is 2.37. The van der Waals surface area contributed by atoms with Crippen LogP contribution in [-0.2, 0) is 9.53 Å². The van der Waals surface area contributed by atoms with Gasteiger partial charge < -0.3 is 10.1 Å². The average Bonchev–Trinajstić information content (AvgIpc) is 2.46. The van der Waals surface area contributed by atoms with Crippen molar-refractivity contribution in [2.24, 2.45) is 0 Å². The quantitative estimate of drug-likeness (QED) is 0.720. The molecule has 0 radical (unpaired) electrons. The Labute approximate surface area is 122 Å². The van der Waals surface area contributed by atoms with Crippen molar-refractivity contribution in [2.45, 2.75) is 58.9 Å². The maximum Gasteiger partial charge on any atom is 0.331 e. The lowest BCUT2D eigenvalue weighted by Crippen LogP contribution is -2.47. The first kappa shape index (κ1) is 16.5. The Kier molecular flexibility index (Phi) is 6.56. The van der Waals surface area contributed by atoms with Gasteiger partial charge in [0, 0.05) is 5.69 Å². The van der Waals surface area contributed by atoms with Crippen molar-refractivity contribution in [3.05, 3.63) is 29.8 Å². The summed E-state index contributed by atoms with van der Waals surface area (Å²) in [6.45, 7) is 8.50. The molecule has 112 valence electrons. The van der Waals surface area contributed by atoms with Crippen LogP contribution in [0, 0.1) is 6.92 Å². The van der Waals surface area contributed by atoms with Gasteiger partial charge in [0.1, 0.15) is 5.54 Å². The molecule has 0 amide bonds. The zero-order valence-electron chi connectivity index (χ0n) is 13.2. The van der Waals surface area contributed by atoms with E-state index in [1.807, 2.05) is 45.0 Å². The van der Waals surface area contributed by atoms with Crippen LogP contribution in [0.1, 0.15) is 52.0 Å². The molecule has 1 unspecified atom stereocenters. The predicted molar refractivity (Wildman–Crippen MR) is 84.0 cm³/mol. The molecule has 0 bridgehead atoms. The van der Waals surface area contributed by atoms with Crippen molar-refractivity contribution < 1.29 is 9.53 Å². The second-order valence-electron chi connectivity index (χ2n) is 5.20. The second-order valence-corrected chi connectivity index (χ2v) is 5.20. The minimum absolute atomic E-state index is 0.140. The molecular weight excluding hydrogens is 250 g/mol. The van der Waals surface area contributed by atoms with Gasteiger partial charge in [-0.05, 0) is 38.3 Å². The van der Waals surface area contributed by atoms with E-state index in [0.717, 1.165) is 36.9 Å². The molecule has 0 spiro atoms. The molecule has 0 aliphatic rings. The number of esters is 1. The summed E-state index contributed by atoms with van der Waals surface area (Å²) in [5.41, 5.74) is 1.54. The van der Waals surface area contributed by atoms with Crippen molar-refractivity contribution in [1.29, 1.82) is 0 Å². The van der Waals surface area contributed by atoms with Crippen molar-refractivity contribution >= 4 is 11.7 Å². The van der Waals surface area contributed by atoms with Crippen LogP contribution in [0.4, 0.5) is 5.69 Å². The van der Waals surface area contributed by atoms with Crippen LogP contribution in [-0.4, -0.2) is 18.1 Å². The first-order chi connectivity index (χ1) is 9.59. The first-order valence-corrected chi connectivity index (χ1v) is 7.60. The van der Waals surface area contributed by atoms with E-state index >= 15 is 0 Å². The summed E-state index contributed by atoms with van der Waals surface area (Å²) in [6, 6.07) is 8.06. The van der Waals surface area contributed by atoms with Gasteiger partial charge in [-0.1, -0.05) is 44.9 Å². The van der Waals surface area contributed by atoms with E-state index in [-0.39, 0.29) is 5.97 Å². The summed E-state index contributed by atoms with van der Waals surface area (Å²) in [5.74, 6) is -0.140. The molecule has 0 aliphatic carbocycles. The third-order valence-corrected chi connectivity index (χ3v) is 3.75. The lowest BCUT2D eigenvalue weighted by molar-refractivity contribution is -0.149. The van der Waals surface area contributed by atoms with E-state index in [4.69, 9.17) is 4.74 Å². The third-order valence-electron chi connectivity index (χ3n) is 3.75. The van der Waals surface area contributed by atoms with Gasteiger partial charge in [-0.15, -0.1) is 0 Å². The molecule has 3 nitrogen and oxygen atoms in total. The highest BCUT2D eigenvalue weighted by molar-refractivity contribution is 5.84. The van der Waals surface area contributed by atoms with Gasteiger partial charge in [-0.3, -0.25) is 0 Å². The van der Waals surface area contributed by atoms with Crippen LogP contribution in [0.25, 0.3) is 0 Å². The molecule has 1 aromatic carbocycles. The van der Waals surface area contributed by atoms with Gasteiger partial charge in [0.2, 0.25) is 0 Å². The van der Waals surface area contributed by atoms with E-state index in [2.05, 4.69) is 12.2 Å². The summed E-state index contributed by atoms with van der Waals surface area (Å²) < 4.78 is 5.31. The Morgan fingerprint density at radius 2 is 1.95 bits per heavy atom. The zero-order valence-corrected chi connectivity index (χ0v) is 13.2. The number of anilines is 1. The molecule has 0 aliphatic heterocycles. The van der Waals surface area contributed by atoms with E-state index in [9.17, 15) is 4.79 Å². The predicted octanol–water partition coefficient (Wildman–Crippen LogP) is 4.31. The minimum atomic E-state index is -0.613. The Hall–Kier alpha value is -1.51. The number of hydrogen-bond acceptors (Lipinski definition) is 3. The van der Waals surface area contributed by atoms with Gasteiger partial charge in [0.15, 0.2) is 0 Å². The molecule has 1 rings (SSSR count). The van der Waals surface area contributed by atoms with E-state index < -0.39 is 5.54 Å². The zero-order chi connectivity index (χ0) is 15.0. The highest BCUT2D eigenvalue weighted by atomic mass is 16.5. The summed E-state index contributed by atoms with van der Waals surface area (Å²) in [5, 5.41) is 3.46. The highest BCUT2D eigenvalue weighted by Crippen LogP contribution is 2.28. The maximum atomic E-state index is 12.4. The number of hydrogen-bond donors (Lipinski definition) is 1. The van der Waals surface area contributed by atoms with Gasteiger partial charge in [0.05, 0.1) is 6.61 Å². The van der Waals surface area contributed by atoms with Crippen molar-refractivity contribution in [3.8, 4) is 0 Å². The molecule has 0 saturated carbocycles. The molecule has 1 atom stereocenters. The van der Waals surface area contributed by atoms with Gasteiger partial charge in [0.25, 0.3) is 0 Å². The lowest BCUT2D eigenvalue weighted by Gasteiger charge is -2.33. The number of para-hydroxylation sites is 1. The normalized spacial score (nSPS) is 13.6. The van der Waals surface area contributed by atoms with E-state index in [1.54, 1.807) is 0 Å². The smallest absolute Gasteiger partial charge is 0.331 e. The molecule has 1 N–H and O–H groups in total. The van der Waals surface area contributed by atoms with Gasteiger partial charge in [-0.25, -0.2) is 4.79 Å². The standard InChI is InChI=1S/C17H27NO2/c1-5-8-13-17(6-2,16(19)20-7-3)18-15-12-10-9-11-14(15)4/h9-12,18H,5-8,13H2,1-4H3. The fourth-order valence-corrected chi connectivity index (χ4v) is 2.34. The van der Waals surface area contributed by atoms with Crippen molar-refractivity contribution in [3.63, 3.8) is 0 Å². The largest absolute Gasteiger partial charge is 0.464 e. The van der Waals surface area contributed by atoms with Crippen LogP contribution in [0.15, 0.2) is 24.3 Å². The molecule has 0 heterocycles. The Bertz CT molecular complexity index is 431. The number of benzene rings is 1. The Balaban J connectivity index is 3.02. The molecular formula is C17H27NO2. The monoisotopic (exact) mass is 277 g/mol. The minimum Gasteiger partial charge on any atom is -0.464 e. The summed E-state index contributed by atoms with van der Waals surface area (Å²) >= 11 is 0. The summed E-state index contributed by atoms with van der Waals surface area (Å²) in [6.07, 6.45) is 3.59. The van der Waals surface area contributed by atoms with Crippen LogP contribution in [0.3, 0.4) is 0 Å². The lowest BCUT2D eigenvalue weighted by atomic mass is 9.89. The molecule has 0 aromatic heterocycles. The molecule has 1 aromatic rings. The molecule has 20 heavy (non-hydrogen) atoms. The van der Waals surface area contributed by atoms with Gasteiger partial charge >= 0.3 is 5.97 Å². The van der Waals surface area contributed by atoms with Crippen molar-refractivity contribution in [1.82, 2.24) is 0 Å². The van der Waals surface area contributed by atoms with Crippen LogP contribution < -0.4 is 5.32 Å². The van der Waals surface area contributed by atoms with Gasteiger partial charge in [-0.2, -0.15) is 0 Å². The Morgan fingerprint density at radius 3 is 2.50 bits per heavy atom. The van der Waals surface area contributed by atoms with Crippen LogP contribution in [0.5, 0.6) is 0 Å². The van der Waals surface area contributed by atoms with E-state index in [0.29, 0.717) is 6.61 Å².